The first kappa shape index (κ1) is 27.7. The lowest BCUT2D eigenvalue weighted by molar-refractivity contribution is -0.153. The van der Waals surface area contributed by atoms with Gasteiger partial charge in [0.2, 0.25) is 0 Å². The quantitative estimate of drug-likeness (QED) is 0.270. The van der Waals surface area contributed by atoms with Gasteiger partial charge in [0, 0.05) is 18.6 Å². The maximum absolute atomic E-state index is 12.9. The Labute approximate surface area is 213 Å². The predicted octanol–water partition coefficient (Wildman–Crippen LogP) is 6.96. The van der Waals surface area contributed by atoms with Gasteiger partial charge >= 0.3 is 12.1 Å². The molecule has 0 aliphatic carbocycles. The number of halogens is 3. The Morgan fingerprint density at radius 2 is 1.78 bits per heavy atom. The number of alkyl halides is 3. The highest BCUT2D eigenvalue weighted by atomic mass is 32.1. The van der Waals surface area contributed by atoms with E-state index >= 15 is 0 Å². The summed E-state index contributed by atoms with van der Waals surface area (Å²) < 4.78 is 55.3. The zero-order valence-corrected chi connectivity index (χ0v) is 21.8. The lowest BCUT2D eigenvalue weighted by Gasteiger charge is -2.19. The van der Waals surface area contributed by atoms with Gasteiger partial charge in [0.15, 0.2) is 6.10 Å². The number of nitrogens with zero attached hydrogens (tertiary/aromatic N) is 1. The number of rotatable bonds is 10. The molecule has 3 rings (SSSR count). The number of hydrogen-bond donors (Lipinski definition) is 0. The molecule has 1 heterocycles. The average Bonchev–Trinajstić information content (AvgIpc) is 3.25. The molecule has 9 heteroatoms. The number of aryl methyl sites for hydroxylation is 2. The summed E-state index contributed by atoms with van der Waals surface area (Å²) in [7, 11) is 1.35. The van der Waals surface area contributed by atoms with Crippen LogP contribution in [0.4, 0.5) is 13.2 Å². The summed E-state index contributed by atoms with van der Waals surface area (Å²) in [5.41, 5.74) is 2.74. The van der Waals surface area contributed by atoms with Crippen LogP contribution in [0.15, 0.2) is 42.5 Å². The molecule has 1 aromatic heterocycles. The Hall–Kier alpha value is -2.91. The summed E-state index contributed by atoms with van der Waals surface area (Å²) in [4.78, 5) is 17.5. The predicted molar refractivity (Wildman–Crippen MR) is 133 cm³/mol. The second-order valence-electron chi connectivity index (χ2n) is 8.26. The third-order valence-electron chi connectivity index (χ3n) is 5.77. The molecule has 1 unspecified atom stereocenters. The van der Waals surface area contributed by atoms with Gasteiger partial charge in [-0.05, 0) is 62.6 Å². The molecule has 0 radical (unpaired) electrons. The number of ether oxygens (including phenoxy) is 3. The maximum Gasteiger partial charge on any atom is 0.416 e. The third-order valence-corrected chi connectivity index (χ3v) is 7.14. The van der Waals surface area contributed by atoms with Crippen LogP contribution in [0.3, 0.4) is 0 Å². The van der Waals surface area contributed by atoms with Crippen molar-refractivity contribution in [1.82, 2.24) is 4.98 Å². The Bertz CT molecular complexity index is 1170. The first-order chi connectivity index (χ1) is 17.1. The Balaban J connectivity index is 1.76. The molecule has 0 amide bonds. The van der Waals surface area contributed by atoms with Crippen LogP contribution in [0.5, 0.6) is 5.75 Å². The molecule has 0 saturated heterocycles. The number of carbonyl (C=O) groups is 1. The highest BCUT2D eigenvalue weighted by Gasteiger charge is 2.30. The van der Waals surface area contributed by atoms with E-state index in [1.165, 1.54) is 30.6 Å². The maximum atomic E-state index is 12.9. The fourth-order valence-electron chi connectivity index (χ4n) is 3.91. The van der Waals surface area contributed by atoms with Gasteiger partial charge in [-0.2, -0.15) is 13.2 Å². The van der Waals surface area contributed by atoms with E-state index in [1.54, 1.807) is 0 Å². The van der Waals surface area contributed by atoms with E-state index in [-0.39, 0.29) is 6.10 Å². The number of thiazole rings is 1. The number of aromatic nitrogens is 1. The minimum absolute atomic E-state index is 0.313. The first-order valence-corrected chi connectivity index (χ1v) is 12.5. The summed E-state index contributed by atoms with van der Waals surface area (Å²) in [5.74, 6) is 0.274. The number of esters is 1. The highest BCUT2D eigenvalue weighted by Crippen LogP contribution is 2.36. The summed E-state index contributed by atoms with van der Waals surface area (Å²) in [6, 6.07) is 10.8. The minimum atomic E-state index is -4.37. The van der Waals surface area contributed by atoms with Crippen molar-refractivity contribution in [3.8, 4) is 16.3 Å². The molecule has 0 aliphatic rings. The van der Waals surface area contributed by atoms with E-state index < -0.39 is 23.8 Å². The van der Waals surface area contributed by atoms with Crippen LogP contribution in [-0.4, -0.2) is 30.8 Å². The molecular formula is C27H30F3NO4S. The lowest BCUT2D eigenvalue weighted by atomic mass is 9.99. The van der Waals surface area contributed by atoms with Gasteiger partial charge in [-0.1, -0.05) is 25.1 Å². The number of methoxy groups -OCH3 is 1. The summed E-state index contributed by atoms with van der Waals surface area (Å²) in [5, 5.41) is 0.640. The molecule has 3 aromatic rings. The number of hydrogen-bond acceptors (Lipinski definition) is 6. The summed E-state index contributed by atoms with van der Waals surface area (Å²) in [6.07, 6.45) is -4.20. The minimum Gasteiger partial charge on any atom is -0.485 e. The smallest absolute Gasteiger partial charge is 0.416 e. The molecule has 0 saturated carbocycles. The summed E-state index contributed by atoms with van der Waals surface area (Å²) in [6.45, 7) is 8.05. The van der Waals surface area contributed by atoms with Crippen molar-refractivity contribution < 1.29 is 32.2 Å². The zero-order valence-electron chi connectivity index (χ0n) is 20.9. The van der Waals surface area contributed by atoms with Crippen molar-refractivity contribution in [2.75, 3.05) is 13.7 Å². The van der Waals surface area contributed by atoms with Crippen LogP contribution in [0.2, 0.25) is 0 Å². The van der Waals surface area contributed by atoms with Gasteiger partial charge in [-0.15, -0.1) is 11.3 Å². The van der Waals surface area contributed by atoms with Crippen LogP contribution >= 0.6 is 11.3 Å². The number of carbonyl (C=O) groups excluding carboxylic acids is 1. The van der Waals surface area contributed by atoms with Gasteiger partial charge in [0.05, 0.1) is 23.2 Å². The van der Waals surface area contributed by atoms with E-state index in [0.717, 1.165) is 40.3 Å². The van der Waals surface area contributed by atoms with Crippen molar-refractivity contribution in [3.05, 3.63) is 69.7 Å². The highest BCUT2D eigenvalue weighted by molar-refractivity contribution is 7.15. The van der Waals surface area contributed by atoms with Gasteiger partial charge in [0.1, 0.15) is 16.9 Å². The van der Waals surface area contributed by atoms with Gasteiger partial charge in [-0.25, -0.2) is 9.78 Å². The topological polar surface area (TPSA) is 57.7 Å². The standard InChI is InChI=1S/C27H30F3NO4S/c1-6-18-14-22(13-10-20(18)15-23(34-7-2)26(32)33-5)35-17(4)24-16(3)31-25(36-24)19-8-11-21(12-9-19)27(28,29)30/h8-14,17,23H,6-7,15H2,1-5H3/t17?,23-/m0/s1. The van der Waals surface area contributed by atoms with E-state index in [9.17, 15) is 18.0 Å². The molecule has 0 spiro atoms. The van der Waals surface area contributed by atoms with Crippen LogP contribution in [0.1, 0.15) is 54.1 Å². The molecule has 0 bridgehead atoms. The fraction of sp³-hybridized carbons (Fsp3) is 0.407. The van der Waals surface area contributed by atoms with E-state index in [1.807, 2.05) is 45.9 Å². The lowest BCUT2D eigenvalue weighted by Crippen LogP contribution is -2.28. The molecule has 5 nitrogen and oxygen atoms in total. The van der Waals surface area contributed by atoms with E-state index in [0.29, 0.717) is 29.3 Å². The SMILES string of the molecule is CCO[C@@H](Cc1ccc(OC(C)c2sc(-c3ccc(C(F)(F)F)cc3)nc2C)cc1CC)C(=O)OC. The second-order valence-corrected chi connectivity index (χ2v) is 9.29. The van der Waals surface area contributed by atoms with Crippen molar-refractivity contribution in [3.63, 3.8) is 0 Å². The fourth-order valence-corrected chi connectivity index (χ4v) is 4.97. The monoisotopic (exact) mass is 521 g/mol. The molecule has 2 aromatic carbocycles. The summed E-state index contributed by atoms with van der Waals surface area (Å²) >= 11 is 1.40. The molecule has 36 heavy (non-hydrogen) atoms. The Kier molecular flexibility index (Phi) is 9.13. The Morgan fingerprint density at radius 3 is 2.36 bits per heavy atom. The van der Waals surface area contributed by atoms with E-state index in [4.69, 9.17) is 14.2 Å². The zero-order chi connectivity index (χ0) is 26.5. The molecule has 0 N–H and O–H groups in total. The normalized spacial score (nSPS) is 13.3. The number of benzene rings is 2. The van der Waals surface area contributed by atoms with Gasteiger partial charge in [0.25, 0.3) is 0 Å². The van der Waals surface area contributed by atoms with Crippen molar-refractivity contribution in [1.29, 1.82) is 0 Å². The average molecular weight is 522 g/mol. The molecule has 2 atom stereocenters. The van der Waals surface area contributed by atoms with Gasteiger partial charge < -0.3 is 14.2 Å². The second kappa shape index (κ2) is 11.9. The molecule has 0 aliphatic heterocycles. The van der Waals surface area contributed by atoms with Crippen LogP contribution in [-0.2, 0) is 33.3 Å². The van der Waals surface area contributed by atoms with Crippen LogP contribution in [0.25, 0.3) is 10.6 Å². The van der Waals surface area contributed by atoms with Crippen molar-refractivity contribution >= 4 is 17.3 Å². The van der Waals surface area contributed by atoms with Crippen molar-refractivity contribution in [2.45, 2.75) is 58.9 Å². The van der Waals surface area contributed by atoms with E-state index in [2.05, 4.69) is 4.98 Å². The largest absolute Gasteiger partial charge is 0.485 e. The molecule has 0 fully saturated rings. The van der Waals surface area contributed by atoms with Gasteiger partial charge in [-0.3, -0.25) is 0 Å². The van der Waals surface area contributed by atoms with Crippen molar-refractivity contribution in [2.24, 2.45) is 0 Å². The third kappa shape index (κ3) is 6.64. The molecular weight excluding hydrogens is 491 g/mol. The Morgan fingerprint density at radius 1 is 1.08 bits per heavy atom. The van der Waals surface area contributed by atoms with Crippen LogP contribution < -0.4 is 4.74 Å². The van der Waals surface area contributed by atoms with Crippen LogP contribution in [0, 0.1) is 6.92 Å². The first-order valence-electron chi connectivity index (χ1n) is 11.7. The molecule has 194 valence electrons.